The smallest absolute Gasteiger partial charge is 0.219 e. The summed E-state index contributed by atoms with van der Waals surface area (Å²) in [6.07, 6.45) is 3.54. The molecule has 0 spiro atoms. The molecular weight excluding hydrogens is 210 g/mol. The summed E-state index contributed by atoms with van der Waals surface area (Å²) in [7, 11) is 2.01. The van der Waals surface area contributed by atoms with Gasteiger partial charge in [0.25, 0.3) is 0 Å². The van der Waals surface area contributed by atoms with Crippen molar-refractivity contribution in [3.63, 3.8) is 0 Å². The lowest BCUT2D eigenvalue weighted by molar-refractivity contribution is -0.119. The Morgan fingerprint density at radius 3 is 2.53 bits per heavy atom. The van der Waals surface area contributed by atoms with Gasteiger partial charge in [-0.2, -0.15) is 11.8 Å². The number of hydrogen-bond donors (Lipinski definition) is 2. The molecule has 2 unspecified atom stereocenters. The third-order valence-electron chi connectivity index (χ3n) is 2.72. The number of hydrogen-bond acceptors (Lipinski definition) is 4. The molecule has 1 amide bonds. The zero-order valence-corrected chi connectivity index (χ0v) is 10.7. The largest absolute Gasteiger partial charge is 0.370 e. The topological polar surface area (TPSA) is 72.3 Å². The number of nitrogens with zero attached hydrogens (tertiary/aromatic N) is 1. The number of rotatable bonds is 8. The van der Waals surface area contributed by atoms with Gasteiger partial charge in [-0.3, -0.25) is 9.69 Å². The predicted octanol–water partition coefficient (Wildman–Crippen LogP) is 0.263. The van der Waals surface area contributed by atoms with Crippen LogP contribution >= 0.6 is 11.8 Å². The molecule has 0 radical (unpaired) electrons. The Kier molecular flexibility index (Phi) is 7.82. The Labute approximate surface area is 96.7 Å². The van der Waals surface area contributed by atoms with Crippen molar-refractivity contribution in [1.82, 2.24) is 4.90 Å². The normalized spacial score (nSPS) is 15.3. The van der Waals surface area contributed by atoms with Crippen LogP contribution in [0.5, 0.6) is 0 Å². The zero-order chi connectivity index (χ0) is 11.8. The molecule has 0 saturated heterocycles. The van der Waals surface area contributed by atoms with Crippen LogP contribution in [-0.4, -0.2) is 48.5 Å². The van der Waals surface area contributed by atoms with Gasteiger partial charge in [0, 0.05) is 25.0 Å². The van der Waals surface area contributed by atoms with Crippen LogP contribution in [0.15, 0.2) is 0 Å². The summed E-state index contributed by atoms with van der Waals surface area (Å²) in [6, 6.07) is 0.504. The maximum absolute atomic E-state index is 10.8. The summed E-state index contributed by atoms with van der Waals surface area (Å²) < 4.78 is 0. The Balaban J connectivity index is 4.11. The number of thioether (sulfide) groups is 1. The van der Waals surface area contributed by atoms with E-state index in [1.54, 1.807) is 0 Å². The van der Waals surface area contributed by atoms with Gasteiger partial charge in [-0.25, -0.2) is 0 Å². The molecule has 0 heterocycles. The van der Waals surface area contributed by atoms with Gasteiger partial charge in [-0.05, 0) is 32.4 Å². The average molecular weight is 233 g/mol. The molecule has 15 heavy (non-hydrogen) atoms. The van der Waals surface area contributed by atoms with Gasteiger partial charge in [0.1, 0.15) is 0 Å². The van der Waals surface area contributed by atoms with E-state index in [4.69, 9.17) is 11.5 Å². The molecular formula is C10H23N3OS. The lowest BCUT2D eigenvalue weighted by atomic mass is 10.1. The van der Waals surface area contributed by atoms with Crippen LogP contribution in [0.25, 0.3) is 0 Å². The molecule has 0 aromatic rings. The first-order valence-corrected chi connectivity index (χ1v) is 6.61. The average Bonchev–Trinajstić information content (AvgIpc) is 2.21. The van der Waals surface area contributed by atoms with Crippen LogP contribution in [0.2, 0.25) is 0 Å². The fourth-order valence-corrected chi connectivity index (χ4v) is 2.05. The highest BCUT2D eigenvalue weighted by Gasteiger charge is 2.19. The van der Waals surface area contributed by atoms with Gasteiger partial charge in [0.15, 0.2) is 0 Å². The summed E-state index contributed by atoms with van der Waals surface area (Å²) in [4.78, 5) is 13.0. The molecule has 0 bridgehead atoms. The molecule has 0 aliphatic rings. The molecule has 0 aromatic heterocycles. The summed E-state index contributed by atoms with van der Waals surface area (Å²) in [6.45, 7) is 2.63. The number of amides is 1. The molecule has 0 rings (SSSR count). The van der Waals surface area contributed by atoms with Crippen LogP contribution in [0.3, 0.4) is 0 Å². The molecule has 0 fully saturated rings. The Morgan fingerprint density at radius 1 is 1.53 bits per heavy atom. The van der Waals surface area contributed by atoms with Crippen molar-refractivity contribution in [1.29, 1.82) is 0 Å². The first-order chi connectivity index (χ1) is 7.02. The maximum Gasteiger partial charge on any atom is 0.219 e. The number of likely N-dealkylation sites (N-methyl/N-ethyl adjacent to an activating group) is 1. The second-order valence-electron chi connectivity index (χ2n) is 3.86. The van der Waals surface area contributed by atoms with Crippen LogP contribution in [0.4, 0.5) is 0 Å². The molecule has 2 atom stereocenters. The van der Waals surface area contributed by atoms with Crippen molar-refractivity contribution < 1.29 is 4.79 Å². The molecule has 0 aromatic carbocycles. The van der Waals surface area contributed by atoms with Gasteiger partial charge in [-0.1, -0.05) is 0 Å². The molecule has 0 aliphatic carbocycles. The van der Waals surface area contributed by atoms with Gasteiger partial charge in [0.05, 0.1) is 0 Å². The fourth-order valence-electron chi connectivity index (χ4n) is 1.48. The van der Waals surface area contributed by atoms with Crippen molar-refractivity contribution >= 4 is 17.7 Å². The molecule has 5 heteroatoms. The Morgan fingerprint density at radius 2 is 2.13 bits per heavy atom. The number of primary amides is 1. The van der Waals surface area contributed by atoms with Crippen molar-refractivity contribution in [3.05, 3.63) is 0 Å². The van der Waals surface area contributed by atoms with E-state index in [1.807, 2.05) is 18.8 Å². The first kappa shape index (κ1) is 14.7. The highest BCUT2D eigenvalue weighted by atomic mass is 32.2. The summed E-state index contributed by atoms with van der Waals surface area (Å²) in [5.41, 5.74) is 10.8. The van der Waals surface area contributed by atoms with Crippen molar-refractivity contribution in [2.75, 3.05) is 25.6 Å². The third kappa shape index (κ3) is 6.02. The summed E-state index contributed by atoms with van der Waals surface area (Å²) >= 11 is 1.83. The van der Waals surface area contributed by atoms with Gasteiger partial charge >= 0.3 is 0 Å². The quantitative estimate of drug-likeness (QED) is 0.631. The van der Waals surface area contributed by atoms with Crippen molar-refractivity contribution in [2.24, 2.45) is 11.5 Å². The van der Waals surface area contributed by atoms with E-state index in [0.717, 1.165) is 12.2 Å². The molecule has 0 saturated carbocycles. The predicted molar refractivity (Wildman–Crippen MR) is 66.9 cm³/mol. The Bertz CT molecular complexity index is 190. The van der Waals surface area contributed by atoms with Gasteiger partial charge in [0.2, 0.25) is 5.91 Å². The van der Waals surface area contributed by atoms with Crippen molar-refractivity contribution in [3.8, 4) is 0 Å². The SMILES string of the molecule is CSCCC(C)N(C)C(CN)CC(N)=O. The second-order valence-corrected chi connectivity index (χ2v) is 4.84. The van der Waals surface area contributed by atoms with Gasteiger partial charge in [-0.15, -0.1) is 0 Å². The maximum atomic E-state index is 10.8. The first-order valence-electron chi connectivity index (χ1n) is 5.22. The van der Waals surface area contributed by atoms with Crippen molar-refractivity contribution in [2.45, 2.75) is 31.8 Å². The third-order valence-corrected chi connectivity index (χ3v) is 3.36. The lowest BCUT2D eigenvalue weighted by Gasteiger charge is -2.31. The van der Waals surface area contributed by atoms with Crippen LogP contribution in [-0.2, 0) is 4.79 Å². The number of carbonyl (C=O) groups excluding carboxylic acids is 1. The van der Waals surface area contributed by atoms with E-state index in [0.29, 0.717) is 19.0 Å². The summed E-state index contributed by atoms with van der Waals surface area (Å²) in [5, 5.41) is 0. The molecule has 4 nitrogen and oxygen atoms in total. The second kappa shape index (κ2) is 7.96. The van der Waals surface area contributed by atoms with E-state index in [9.17, 15) is 4.79 Å². The number of carbonyl (C=O) groups is 1. The van der Waals surface area contributed by atoms with Crippen LogP contribution in [0.1, 0.15) is 19.8 Å². The Hall–Kier alpha value is -0.260. The minimum Gasteiger partial charge on any atom is -0.370 e. The number of nitrogens with two attached hydrogens (primary N) is 2. The van der Waals surface area contributed by atoms with E-state index < -0.39 is 0 Å². The molecule has 0 aliphatic heterocycles. The minimum absolute atomic E-state index is 0.0688. The van der Waals surface area contributed by atoms with Crippen LogP contribution in [0, 0.1) is 0 Å². The monoisotopic (exact) mass is 233 g/mol. The zero-order valence-electron chi connectivity index (χ0n) is 9.90. The minimum atomic E-state index is -0.283. The van der Waals surface area contributed by atoms with E-state index in [-0.39, 0.29) is 11.9 Å². The van der Waals surface area contributed by atoms with Crippen LogP contribution < -0.4 is 11.5 Å². The fraction of sp³-hybridized carbons (Fsp3) is 0.900. The molecule has 90 valence electrons. The lowest BCUT2D eigenvalue weighted by Crippen LogP contribution is -2.45. The standard InChI is InChI=1S/C10H23N3OS/c1-8(4-5-15-3)13(2)9(7-11)6-10(12)14/h8-9H,4-7,11H2,1-3H3,(H2,12,14). The van der Waals surface area contributed by atoms with Gasteiger partial charge < -0.3 is 11.5 Å². The van der Waals surface area contributed by atoms with E-state index >= 15 is 0 Å². The molecule has 4 N–H and O–H groups in total. The van der Waals surface area contributed by atoms with E-state index in [2.05, 4.69) is 18.1 Å². The highest BCUT2D eigenvalue weighted by Crippen LogP contribution is 2.10. The van der Waals surface area contributed by atoms with E-state index in [1.165, 1.54) is 0 Å². The highest BCUT2D eigenvalue weighted by molar-refractivity contribution is 7.98. The summed E-state index contributed by atoms with van der Waals surface area (Å²) in [5.74, 6) is 0.841.